The fourth-order valence-corrected chi connectivity index (χ4v) is 4.63. The molecule has 4 nitrogen and oxygen atoms in total. The van der Waals surface area contributed by atoms with Crippen LogP contribution in [0.5, 0.6) is 0 Å². The van der Waals surface area contributed by atoms with Crippen molar-refractivity contribution in [3.05, 3.63) is 90.3 Å². The Morgan fingerprint density at radius 3 is 2.62 bits per heavy atom. The average Bonchev–Trinajstić information content (AvgIpc) is 2.87. The molecule has 2 aliphatic rings. The van der Waals surface area contributed by atoms with E-state index in [0.717, 1.165) is 75.0 Å². The number of hydrogen-bond donors (Lipinski definition) is 1. The van der Waals surface area contributed by atoms with E-state index in [-0.39, 0.29) is 5.92 Å². The zero-order valence-electron chi connectivity index (χ0n) is 18.7. The Morgan fingerprint density at radius 1 is 1.00 bits per heavy atom. The Kier molecular flexibility index (Phi) is 7.78. The molecule has 0 saturated heterocycles. The van der Waals surface area contributed by atoms with E-state index in [1.807, 2.05) is 54.9 Å². The van der Waals surface area contributed by atoms with Crippen LogP contribution in [0.4, 0.5) is 0 Å². The van der Waals surface area contributed by atoms with Crippen LogP contribution in [0.3, 0.4) is 0 Å². The first-order valence-electron chi connectivity index (χ1n) is 11.9. The Bertz CT molecular complexity index is 978. The van der Waals surface area contributed by atoms with Crippen LogP contribution in [0, 0.1) is 5.92 Å². The molecule has 0 spiro atoms. The topological polar surface area (TPSA) is 57.8 Å². The summed E-state index contributed by atoms with van der Waals surface area (Å²) in [5.41, 5.74) is 2.85. The minimum Gasteiger partial charge on any atom is -0.378 e. The first-order valence-corrected chi connectivity index (χ1v) is 11.9. The van der Waals surface area contributed by atoms with E-state index in [1.165, 1.54) is 5.56 Å². The molecular weight excluding hydrogens is 394 g/mol. The zero-order chi connectivity index (χ0) is 22.1. The van der Waals surface area contributed by atoms with Crippen molar-refractivity contribution in [3.8, 4) is 0 Å². The fraction of sp³-hybridized carbons (Fsp3) is 0.393. The number of allylic oxidation sites excluding steroid dienone is 3. The van der Waals surface area contributed by atoms with Crippen molar-refractivity contribution in [2.45, 2.75) is 50.5 Å². The van der Waals surface area contributed by atoms with Gasteiger partial charge >= 0.3 is 0 Å². The number of pyridine rings is 1. The van der Waals surface area contributed by atoms with Gasteiger partial charge in [0.05, 0.1) is 11.4 Å². The summed E-state index contributed by atoms with van der Waals surface area (Å²) in [6.45, 7) is 1.54. The largest absolute Gasteiger partial charge is 0.378 e. The summed E-state index contributed by atoms with van der Waals surface area (Å²) in [4.78, 5) is 13.9. The molecule has 4 heteroatoms. The van der Waals surface area contributed by atoms with Crippen LogP contribution >= 0.6 is 0 Å². The quantitative estimate of drug-likeness (QED) is 0.538. The van der Waals surface area contributed by atoms with Crippen LogP contribution in [0.1, 0.15) is 49.7 Å². The highest BCUT2D eigenvalue weighted by molar-refractivity contribution is 6.45. The summed E-state index contributed by atoms with van der Waals surface area (Å²) >= 11 is 0. The second-order valence-electron chi connectivity index (χ2n) is 8.62. The number of benzene rings is 1. The molecule has 166 valence electrons. The minimum absolute atomic E-state index is 0.0442. The van der Waals surface area contributed by atoms with Crippen molar-refractivity contribution in [1.82, 2.24) is 4.98 Å². The van der Waals surface area contributed by atoms with Gasteiger partial charge in [-0.2, -0.15) is 0 Å². The van der Waals surface area contributed by atoms with E-state index in [9.17, 15) is 5.11 Å². The van der Waals surface area contributed by atoms with Crippen molar-refractivity contribution in [1.29, 1.82) is 0 Å². The van der Waals surface area contributed by atoms with E-state index in [2.05, 4.69) is 29.3 Å². The smallest absolute Gasteiger partial charge is 0.139 e. The van der Waals surface area contributed by atoms with Crippen LogP contribution in [-0.4, -0.2) is 34.6 Å². The Labute approximate surface area is 191 Å². The molecule has 2 unspecified atom stereocenters. The lowest BCUT2D eigenvalue weighted by Gasteiger charge is -2.38. The number of aryl methyl sites for hydroxylation is 1. The third-order valence-corrected chi connectivity index (χ3v) is 6.38. The maximum atomic E-state index is 12.2. The molecule has 1 aromatic heterocycles. The lowest BCUT2D eigenvalue weighted by molar-refractivity contribution is 0.0677. The number of hydrogen-bond acceptors (Lipinski definition) is 4. The second kappa shape index (κ2) is 11.1. The number of rotatable bonds is 9. The third-order valence-electron chi connectivity index (χ3n) is 6.38. The molecule has 4 rings (SSSR count). The van der Waals surface area contributed by atoms with Crippen molar-refractivity contribution in [2.75, 3.05) is 13.1 Å². The van der Waals surface area contributed by atoms with Gasteiger partial charge in [0.2, 0.25) is 0 Å². The van der Waals surface area contributed by atoms with Gasteiger partial charge in [0.1, 0.15) is 5.60 Å². The summed E-state index contributed by atoms with van der Waals surface area (Å²) in [5, 5.41) is 12.2. The highest BCUT2D eigenvalue weighted by Gasteiger charge is 2.44. The molecule has 0 radical (unpaired) electrons. The predicted octanol–water partition coefficient (Wildman–Crippen LogP) is 5.49. The zero-order valence-corrected chi connectivity index (χ0v) is 18.7. The highest BCUT2D eigenvalue weighted by atomic mass is 16.3. The van der Waals surface area contributed by atoms with Gasteiger partial charge in [-0.15, -0.1) is 0 Å². The van der Waals surface area contributed by atoms with E-state index >= 15 is 0 Å². The molecule has 2 atom stereocenters. The van der Waals surface area contributed by atoms with Crippen molar-refractivity contribution < 1.29 is 5.11 Å². The molecule has 0 fully saturated rings. The van der Waals surface area contributed by atoms with E-state index in [4.69, 9.17) is 9.98 Å². The predicted molar refractivity (Wildman–Crippen MR) is 132 cm³/mol. The maximum Gasteiger partial charge on any atom is 0.139 e. The summed E-state index contributed by atoms with van der Waals surface area (Å²) in [7, 11) is 0. The van der Waals surface area contributed by atoms with Crippen molar-refractivity contribution in [2.24, 2.45) is 15.9 Å². The minimum atomic E-state index is -1.15. The van der Waals surface area contributed by atoms with E-state index in [1.54, 1.807) is 0 Å². The number of unbranched alkanes of at least 4 members (excludes halogenated alkanes) is 2. The number of aliphatic hydroxyl groups is 1. The van der Waals surface area contributed by atoms with Gasteiger partial charge in [-0.05, 0) is 61.8 Å². The first-order chi connectivity index (χ1) is 15.8. The maximum absolute atomic E-state index is 12.2. The van der Waals surface area contributed by atoms with Gasteiger partial charge in [0.15, 0.2) is 0 Å². The Balaban J connectivity index is 1.46. The summed E-state index contributed by atoms with van der Waals surface area (Å²) < 4.78 is 0. The van der Waals surface area contributed by atoms with Crippen LogP contribution in [0.15, 0.2) is 89.1 Å². The SMILES string of the molecule is OC(C1=NCCCC1=NCCCCCc1ccncc1)(c1ccccc1)C1C=CC=CC1. The molecular formula is C28H33N3O. The highest BCUT2D eigenvalue weighted by Crippen LogP contribution is 2.38. The van der Waals surface area contributed by atoms with E-state index < -0.39 is 5.60 Å². The van der Waals surface area contributed by atoms with Gasteiger partial charge in [-0.1, -0.05) is 61.1 Å². The Morgan fingerprint density at radius 2 is 1.84 bits per heavy atom. The summed E-state index contributed by atoms with van der Waals surface area (Å²) in [6, 6.07) is 14.2. The van der Waals surface area contributed by atoms with Crippen molar-refractivity contribution in [3.63, 3.8) is 0 Å². The summed E-state index contributed by atoms with van der Waals surface area (Å²) in [6.07, 6.45) is 19.1. The number of nitrogens with zero attached hydrogens (tertiary/aromatic N) is 3. The van der Waals surface area contributed by atoms with Crippen molar-refractivity contribution >= 4 is 11.4 Å². The van der Waals surface area contributed by atoms with Gasteiger partial charge in [-0.25, -0.2) is 0 Å². The molecule has 1 aromatic carbocycles. The molecule has 32 heavy (non-hydrogen) atoms. The lowest BCUT2D eigenvalue weighted by atomic mass is 9.72. The second-order valence-corrected chi connectivity index (χ2v) is 8.62. The molecule has 0 amide bonds. The van der Waals surface area contributed by atoms with Crippen LogP contribution in [0.2, 0.25) is 0 Å². The number of aromatic nitrogens is 1. The van der Waals surface area contributed by atoms with Crippen LogP contribution in [-0.2, 0) is 12.0 Å². The Hall–Kier alpha value is -2.85. The molecule has 1 aliphatic heterocycles. The fourth-order valence-electron chi connectivity index (χ4n) is 4.63. The van der Waals surface area contributed by atoms with Crippen LogP contribution < -0.4 is 0 Å². The lowest BCUT2D eigenvalue weighted by Crippen LogP contribution is -2.47. The molecule has 1 aliphatic carbocycles. The van der Waals surface area contributed by atoms with Gasteiger partial charge in [0.25, 0.3) is 0 Å². The van der Waals surface area contributed by atoms with Gasteiger partial charge < -0.3 is 5.11 Å². The molecule has 2 aromatic rings. The molecule has 2 heterocycles. The third kappa shape index (κ3) is 5.31. The first kappa shape index (κ1) is 22.3. The van der Waals surface area contributed by atoms with Gasteiger partial charge in [0, 0.05) is 31.4 Å². The van der Waals surface area contributed by atoms with Gasteiger partial charge in [-0.3, -0.25) is 15.0 Å². The standard InChI is InChI=1S/C28H33N3O/c32-28(24-12-5-1-6-13-24,25-14-7-2-8-15-25)27-26(16-10-20-31-27)30-19-9-3-4-11-23-17-21-29-22-18-23/h1-2,5-8,12-14,17-18,21-22,25,32H,3-4,9-11,15-16,19-20H2. The van der Waals surface area contributed by atoms with Crippen LogP contribution in [0.25, 0.3) is 0 Å². The molecule has 0 saturated carbocycles. The molecule has 1 N–H and O–H groups in total. The average molecular weight is 428 g/mol. The molecule has 0 bridgehead atoms. The monoisotopic (exact) mass is 427 g/mol. The number of aliphatic imine (C=N–C) groups is 2. The van der Waals surface area contributed by atoms with E-state index in [0.29, 0.717) is 0 Å². The summed E-state index contributed by atoms with van der Waals surface area (Å²) in [5.74, 6) is -0.0442. The normalized spacial score (nSPS) is 21.3.